The van der Waals surface area contributed by atoms with E-state index in [0.717, 1.165) is 11.3 Å². The maximum atomic E-state index is 12.3. The maximum absolute atomic E-state index is 12.3. The summed E-state index contributed by atoms with van der Waals surface area (Å²) in [4.78, 5) is 11.4. The molecule has 128 valence electrons. The van der Waals surface area contributed by atoms with E-state index in [2.05, 4.69) is 4.72 Å². The van der Waals surface area contributed by atoms with Crippen LogP contribution in [0.15, 0.2) is 53.4 Å². The zero-order chi connectivity index (χ0) is 17.7. The summed E-state index contributed by atoms with van der Waals surface area (Å²) in [6.45, 7) is 5.51. The first-order valence-electron chi connectivity index (χ1n) is 7.64. The molecule has 0 atom stereocenters. The van der Waals surface area contributed by atoms with Crippen LogP contribution in [0.2, 0.25) is 0 Å². The van der Waals surface area contributed by atoms with Crippen molar-refractivity contribution in [1.82, 2.24) is 4.72 Å². The summed E-state index contributed by atoms with van der Waals surface area (Å²) in [6, 6.07) is 13.1. The van der Waals surface area contributed by atoms with Gasteiger partial charge in [-0.1, -0.05) is 24.3 Å². The van der Waals surface area contributed by atoms with Gasteiger partial charge in [0.2, 0.25) is 10.0 Å². The van der Waals surface area contributed by atoms with Gasteiger partial charge in [0, 0.05) is 12.1 Å². The Hall–Kier alpha value is -2.18. The molecule has 0 fully saturated rings. The normalized spacial score (nSPS) is 11.5. The lowest BCUT2D eigenvalue weighted by Crippen LogP contribution is -2.23. The molecule has 0 aromatic heterocycles. The van der Waals surface area contributed by atoms with Crippen molar-refractivity contribution in [2.45, 2.75) is 38.3 Å². The number of ketones is 1. The highest BCUT2D eigenvalue weighted by molar-refractivity contribution is 7.89. The number of carbonyl (C=O) groups excluding carboxylic acids is 1. The number of ether oxygens (including phenoxy) is 1. The molecule has 0 amide bonds. The molecule has 5 nitrogen and oxygen atoms in total. The van der Waals surface area contributed by atoms with Crippen molar-refractivity contribution in [3.8, 4) is 5.75 Å². The number of Topliss-reactive ketones (excluding diaryl/α,β-unsaturated/α-hetero) is 1. The fourth-order valence-electron chi connectivity index (χ4n) is 2.09. The van der Waals surface area contributed by atoms with Gasteiger partial charge in [-0.05, 0) is 50.6 Å². The number of nitrogens with one attached hydrogen (secondary N) is 1. The van der Waals surface area contributed by atoms with E-state index >= 15 is 0 Å². The van der Waals surface area contributed by atoms with Crippen molar-refractivity contribution in [3.63, 3.8) is 0 Å². The van der Waals surface area contributed by atoms with E-state index in [1.54, 1.807) is 0 Å². The summed E-state index contributed by atoms with van der Waals surface area (Å²) in [6.07, 6.45) is 0.0901. The van der Waals surface area contributed by atoms with Gasteiger partial charge >= 0.3 is 0 Å². The molecule has 0 spiro atoms. The highest BCUT2D eigenvalue weighted by atomic mass is 32.2. The Labute approximate surface area is 142 Å². The fourth-order valence-corrected chi connectivity index (χ4v) is 3.11. The lowest BCUT2D eigenvalue weighted by Gasteiger charge is -2.11. The predicted molar refractivity (Wildman–Crippen MR) is 92.7 cm³/mol. The van der Waals surface area contributed by atoms with Gasteiger partial charge in [0.15, 0.2) is 5.78 Å². The molecule has 24 heavy (non-hydrogen) atoms. The van der Waals surface area contributed by atoms with Gasteiger partial charge in [0.05, 0.1) is 11.0 Å². The van der Waals surface area contributed by atoms with Gasteiger partial charge < -0.3 is 4.74 Å². The Morgan fingerprint density at radius 1 is 1.04 bits per heavy atom. The summed E-state index contributed by atoms with van der Waals surface area (Å²) in [5.41, 5.74) is 1.31. The van der Waals surface area contributed by atoms with Crippen LogP contribution >= 0.6 is 0 Å². The molecule has 0 aliphatic rings. The van der Waals surface area contributed by atoms with E-state index in [4.69, 9.17) is 4.74 Å². The third-order valence-electron chi connectivity index (χ3n) is 3.33. The summed E-state index contributed by atoms with van der Waals surface area (Å²) in [5, 5.41) is 0. The Bertz CT molecular complexity index is 794. The molecule has 2 aromatic rings. The van der Waals surface area contributed by atoms with Gasteiger partial charge in [-0.3, -0.25) is 4.79 Å². The van der Waals surface area contributed by atoms with Crippen molar-refractivity contribution in [3.05, 3.63) is 59.7 Å². The van der Waals surface area contributed by atoms with E-state index in [1.165, 1.54) is 31.2 Å². The second-order valence-electron chi connectivity index (χ2n) is 5.72. The van der Waals surface area contributed by atoms with E-state index in [0.29, 0.717) is 5.56 Å². The number of rotatable bonds is 7. The maximum Gasteiger partial charge on any atom is 0.240 e. The summed E-state index contributed by atoms with van der Waals surface area (Å²) < 4.78 is 32.7. The number of sulfonamides is 1. The molecule has 1 N–H and O–H groups in total. The molecule has 0 bridgehead atoms. The first-order chi connectivity index (χ1) is 11.3. The molecule has 0 saturated carbocycles. The summed E-state index contributed by atoms with van der Waals surface area (Å²) >= 11 is 0. The van der Waals surface area contributed by atoms with E-state index in [1.807, 2.05) is 38.1 Å². The van der Waals surface area contributed by atoms with Crippen LogP contribution in [0.5, 0.6) is 5.75 Å². The van der Waals surface area contributed by atoms with Crippen molar-refractivity contribution >= 4 is 15.8 Å². The van der Waals surface area contributed by atoms with Crippen LogP contribution in [-0.2, 0) is 16.6 Å². The molecule has 2 rings (SSSR count). The van der Waals surface area contributed by atoms with Gasteiger partial charge in [0.25, 0.3) is 0 Å². The molecule has 6 heteroatoms. The molecule has 0 unspecified atom stereocenters. The summed E-state index contributed by atoms with van der Waals surface area (Å²) in [7, 11) is -3.62. The molecule has 0 heterocycles. The molecule has 0 aliphatic heterocycles. The molecule has 0 aliphatic carbocycles. The predicted octanol–water partition coefficient (Wildman–Crippen LogP) is 3.15. The number of hydrogen-bond donors (Lipinski definition) is 1. The average Bonchev–Trinajstić information content (AvgIpc) is 2.54. The quantitative estimate of drug-likeness (QED) is 0.781. The monoisotopic (exact) mass is 347 g/mol. The number of carbonyl (C=O) groups is 1. The highest BCUT2D eigenvalue weighted by Crippen LogP contribution is 2.15. The van der Waals surface area contributed by atoms with Gasteiger partial charge in [-0.2, -0.15) is 0 Å². The van der Waals surface area contributed by atoms with Crippen LogP contribution in [0.25, 0.3) is 0 Å². The average molecular weight is 347 g/mol. The molecule has 0 radical (unpaired) electrons. The van der Waals surface area contributed by atoms with Crippen LogP contribution in [0.3, 0.4) is 0 Å². The minimum Gasteiger partial charge on any atom is -0.491 e. The van der Waals surface area contributed by atoms with E-state index in [-0.39, 0.29) is 23.3 Å². The zero-order valence-electron chi connectivity index (χ0n) is 13.9. The van der Waals surface area contributed by atoms with Gasteiger partial charge in [0.1, 0.15) is 5.75 Å². The van der Waals surface area contributed by atoms with E-state index in [9.17, 15) is 13.2 Å². The smallest absolute Gasteiger partial charge is 0.240 e. The first-order valence-corrected chi connectivity index (χ1v) is 9.12. The van der Waals surface area contributed by atoms with Crippen LogP contribution in [0.1, 0.15) is 36.7 Å². The van der Waals surface area contributed by atoms with Crippen molar-refractivity contribution < 1.29 is 17.9 Å². The van der Waals surface area contributed by atoms with Gasteiger partial charge in [-0.25, -0.2) is 13.1 Å². The minimum atomic E-state index is -3.62. The Morgan fingerprint density at radius 3 is 2.12 bits per heavy atom. The first kappa shape index (κ1) is 18.2. The molecule has 0 saturated heterocycles. The van der Waals surface area contributed by atoms with E-state index < -0.39 is 10.0 Å². The van der Waals surface area contributed by atoms with Crippen LogP contribution in [0, 0.1) is 0 Å². The second kappa shape index (κ2) is 7.59. The lowest BCUT2D eigenvalue weighted by molar-refractivity contribution is 0.101. The Morgan fingerprint density at radius 2 is 1.62 bits per heavy atom. The lowest BCUT2D eigenvalue weighted by atomic mass is 10.2. The van der Waals surface area contributed by atoms with Crippen LogP contribution in [0.4, 0.5) is 0 Å². The SMILES string of the molecule is CC(=O)c1ccc(S(=O)(=O)NCc2ccc(OC(C)C)cc2)cc1. The highest BCUT2D eigenvalue weighted by Gasteiger charge is 2.14. The summed E-state index contributed by atoms with van der Waals surface area (Å²) in [5.74, 6) is 0.645. The standard InChI is InChI=1S/C18H21NO4S/c1-13(2)23-17-8-4-15(5-9-17)12-19-24(21,22)18-10-6-16(7-11-18)14(3)20/h4-11,13,19H,12H2,1-3H3. The third-order valence-corrected chi connectivity index (χ3v) is 4.75. The van der Waals surface area contributed by atoms with Crippen molar-refractivity contribution in [2.75, 3.05) is 0 Å². The Balaban J connectivity index is 2.03. The largest absolute Gasteiger partial charge is 0.491 e. The third kappa shape index (κ3) is 4.91. The topological polar surface area (TPSA) is 72.5 Å². The van der Waals surface area contributed by atoms with Crippen LogP contribution < -0.4 is 9.46 Å². The molecular weight excluding hydrogens is 326 g/mol. The molecular formula is C18H21NO4S. The zero-order valence-corrected chi connectivity index (χ0v) is 14.8. The number of benzene rings is 2. The van der Waals surface area contributed by atoms with Crippen molar-refractivity contribution in [1.29, 1.82) is 0 Å². The van der Waals surface area contributed by atoms with Gasteiger partial charge in [-0.15, -0.1) is 0 Å². The minimum absolute atomic E-state index is 0.0901. The molecule has 2 aromatic carbocycles. The van der Waals surface area contributed by atoms with Crippen LogP contribution in [-0.4, -0.2) is 20.3 Å². The Kier molecular flexibility index (Phi) is 5.75. The fraction of sp³-hybridized carbons (Fsp3) is 0.278. The number of hydrogen-bond acceptors (Lipinski definition) is 4. The van der Waals surface area contributed by atoms with Crippen molar-refractivity contribution in [2.24, 2.45) is 0 Å². The second-order valence-corrected chi connectivity index (χ2v) is 7.48.